The average Bonchev–Trinajstić information content (AvgIpc) is 2.90. The Morgan fingerprint density at radius 3 is 2.50 bits per heavy atom. The maximum absolute atomic E-state index is 12.4. The minimum atomic E-state index is -4.42. The van der Waals surface area contributed by atoms with Crippen LogP contribution in [-0.2, 0) is 6.18 Å². The Bertz CT molecular complexity index is 655. The average molecular weight is 331 g/mol. The smallest absolute Gasteiger partial charge is 0.387 e. The quantitative estimate of drug-likeness (QED) is 0.902. The van der Waals surface area contributed by atoms with Gasteiger partial charge >= 0.3 is 6.18 Å². The fraction of sp³-hybridized carbons (Fsp3) is 0.308. The van der Waals surface area contributed by atoms with Crippen LogP contribution in [0.1, 0.15) is 32.6 Å². The van der Waals surface area contributed by atoms with E-state index in [-0.39, 0.29) is 12.1 Å². The summed E-state index contributed by atoms with van der Waals surface area (Å²) in [5.41, 5.74) is -0.0298. The van der Waals surface area contributed by atoms with Crippen LogP contribution in [0.4, 0.5) is 13.2 Å². The van der Waals surface area contributed by atoms with E-state index in [0.29, 0.717) is 10.6 Å². The lowest BCUT2D eigenvalue weighted by Gasteiger charge is -2.13. The van der Waals surface area contributed by atoms with Gasteiger partial charge in [0.15, 0.2) is 0 Å². The highest BCUT2D eigenvalue weighted by molar-refractivity contribution is 7.07. The third-order valence-electron chi connectivity index (χ3n) is 2.94. The topological polar surface area (TPSA) is 75.1 Å². The molecule has 0 aliphatic carbocycles. The molecule has 0 spiro atoms. The van der Waals surface area contributed by atoms with Crippen LogP contribution in [0.15, 0.2) is 24.3 Å². The molecule has 2 rings (SSSR count). The van der Waals surface area contributed by atoms with Gasteiger partial charge in [0.1, 0.15) is 4.88 Å². The van der Waals surface area contributed by atoms with Crippen LogP contribution in [0.2, 0.25) is 0 Å². The molecule has 2 aromatic rings. The number of aliphatic hydroxyl groups is 1. The van der Waals surface area contributed by atoms with Crippen molar-refractivity contribution < 1.29 is 23.1 Å². The highest BCUT2D eigenvalue weighted by atomic mass is 32.1. The predicted molar refractivity (Wildman–Crippen MR) is 73.4 cm³/mol. The molecular formula is C13H12F3N3O2S. The molecule has 0 saturated carbocycles. The first-order chi connectivity index (χ1) is 10.3. The lowest BCUT2D eigenvalue weighted by molar-refractivity contribution is -0.137. The minimum absolute atomic E-state index is 0.123. The normalized spacial score (nSPS) is 13.0. The molecule has 0 saturated heterocycles. The summed E-state index contributed by atoms with van der Waals surface area (Å²) in [6.45, 7) is 1.51. The van der Waals surface area contributed by atoms with Crippen molar-refractivity contribution in [1.29, 1.82) is 0 Å². The standard InChI is InChI=1S/C13H12F3N3O2S/c1-7-11(22-19-18-7)12(21)17-6-10(20)8-2-4-9(5-3-8)13(14,15)16/h2-5,10,20H,6H2,1H3,(H,17,21)/t10-/m0/s1. The van der Waals surface area contributed by atoms with Gasteiger partial charge in [-0.25, -0.2) is 0 Å². The molecule has 0 fully saturated rings. The molecule has 0 aliphatic rings. The fourth-order valence-electron chi connectivity index (χ4n) is 1.72. The lowest BCUT2D eigenvalue weighted by Crippen LogP contribution is -2.28. The number of aliphatic hydroxyl groups excluding tert-OH is 1. The van der Waals surface area contributed by atoms with Gasteiger partial charge in [-0.2, -0.15) is 13.2 Å². The van der Waals surface area contributed by atoms with Gasteiger partial charge in [0, 0.05) is 6.54 Å². The number of alkyl halides is 3. The first-order valence-electron chi connectivity index (χ1n) is 6.21. The Morgan fingerprint density at radius 2 is 2.00 bits per heavy atom. The second-order valence-corrected chi connectivity index (χ2v) is 5.29. The molecular weight excluding hydrogens is 319 g/mol. The van der Waals surface area contributed by atoms with Crippen molar-refractivity contribution in [3.05, 3.63) is 46.0 Å². The molecule has 0 aliphatic heterocycles. The molecule has 1 aromatic heterocycles. The number of amides is 1. The Hall–Kier alpha value is -2.00. The summed E-state index contributed by atoms with van der Waals surface area (Å²) in [5.74, 6) is -0.432. The number of nitrogens with zero attached hydrogens (tertiary/aromatic N) is 2. The zero-order valence-corrected chi connectivity index (χ0v) is 12.2. The number of carbonyl (C=O) groups excluding carboxylic acids is 1. The molecule has 1 aromatic carbocycles. The summed E-state index contributed by atoms with van der Waals surface area (Å²) >= 11 is 0.930. The van der Waals surface area contributed by atoms with Crippen molar-refractivity contribution in [2.75, 3.05) is 6.54 Å². The van der Waals surface area contributed by atoms with E-state index >= 15 is 0 Å². The molecule has 118 valence electrons. The number of halogens is 3. The Balaban J connectivity index is 1.96. The number of benzene rings is 1. The first kappa shape index (κ1) is 16.4. The van der Waals surface area contributed by atoms with Crippen molar-refractivity contribution in [1.82, 2.24) is 14.9 Å². The summed E-state index contributed by atoms with van der Waals surface area (Å²) in [5, 5.41) is 16.1. The molecule has 1 atom stereocenters. The van der Waals surface area contributed by atoms with Crippen molar-refractivity contribution in [3.63, 3.8) is 0 Å². The maximum atomic E-state index is 12.4. The fourth-order valence-corrected chi connectivity index (χ4v) is 2.29. The monoisotopic (exact) mass is 331 g/mol. The molecule has 2 N–H and O–H groups in total. The van der Waals surface area contributed by atoms with E-state index < -0.39 is 23.8 Å². The largest absolute Gasteiger partial charge is 0.416 e. The van der Waals surface area contributed by atoms with Crippen molar-refractivity contribution in [3.8, 4) is 0 Å². The molecule has 0 bridgehead atoms. The summed E-state index contributed by atoms with van der Waals surface area (Å²) in [6.07, 6.45) is -5.53. The highest BCUT2D eigenvalue weighted by Gasteiger charge is 2.30. The summed E-state index contributed by atoms with van der Waals surface area (Å²) < 4.78 is 40.9. The molecule has 5 nitrogen and oxygen atoms in total. The van der Waals surface area contributed by atoms with Crippen LogP contribution < -0.4 is 5.32 Å². The van der Waals surface area contributed by atoms with Crippen molar-refractivity contribution >= 4 is 17.4 Å². The SMILES string of the molecule is Cc1nnsc1C(=O)NC[C@H](O)c1ccc(C(F)(F)F)cc1. The van der Waals surface area contributed by atoms with E-state index in [9.17, 15) is 23.1 Å². The van der Waals surface area contributed by atoms with Crippen LogP contribution in [-0.4, -0.2) is 27.1 Å². The van der Waals surface area contributed by atoms with E-state index in [1.165, 1.54) is 12.1 Å². The van der Waals surface area contributed by atoms with Gasteiger partial charge in [-0.1, -0.05) is 16.6 Å². The van der Waals surface area contributed by atoms with Gasteiger partial charge in [0.05, 0.1) is 17.4 Å². The van der Waals surface area contributed by atoms with Gasteiger partial charge in [-0.05, 0) is 36.2 Å². The molecule has 1 amide bonds. The molecule has 0 radical (unpaired) electrons. The molecule has 22 heavy (non-hydrogen) atoms. The summed E-state index contributed by atoms with van der Waals surface area (Å²) in [4.78, 5) is 12.1. The summed E-state index contributed by atoms with van der Waals surface area (Å²) in [7, 11) is 0. The van der Waals surface area contributed by atoms with Gasteiger partial charge in [-0.3, -0.25) is 4.79 Å². The number of hydrogen-bond acceptors (Lipinski definition) is 5. The molecule has 0 unspecified atom stereocenters. The Labute approximate surface area is 128 Å². The van der Waals surface area contributed by atoms with E-state index in [4.69, 9.17) is 0 Å². The van der Waals surface area contributed by atoms with E-state index in [2.05, 4.69) is 14.9 Å². The zero-order valence-electron chi connectivity index (χ0n) is 11.4. The zero-order chi connectivity index (χ0) is 16.3. The third-order valence-corrected chi connectivity index (χ3v) is 3.76. The summed E-state index contributed by atoms with van der Waals surface area (Å²) in [6, 6.07) is 4.13. The maximum Gasteiger partial charge on any atom is 0.416 e. The number of hydrogen-bond donors (Lipinski definition) is 2. The third kappa shape index (κ3) is 3.80. The van der Waals surface area contributed by atoms with Crippen LogP contribution in [0.25, 0.3) is 0 Å². The lowest BCUT2D eigenvalue weighted by atomic mass is 10.1. The van der Waals surface area contributed by atoms with Crippen molar-refractivity contribution in [2.24, 2.45) is 0 Å². The predicted octanol–water partition coefficient (Wildman–Crippen LogP) is 2.33. The van der Waals surface area contributed by atoms with E-state index in [0.717, 1.165) is 23.7 Å². The number of nitrogens with one attached hydrogen (secondary N) is 1. The second kappa shape index (κ2) is 6.41. The van der Waals surface area contributed by atoms with Crippen LogP contribution in [0.5, 0.6) is 0 Å². The highest BCUT2D eigenvalue weighted by Crippen LogP contribution is 2.29. The Kier molecular flexibility index (Phi) is 4.77. The number of rotatable bonds is 4. The van der Waals surface area contributed by atoms with Crippen LogP contribution >= 0.6 is 11.5 Å². The molecule has 1 heterocycles. The van der Waals surface area contributed by atoms with Gasteiger partial charge in [0.25, 0.3) is 5.91 Å². The van der Waals surface area contributed by atoms with Crippen LogP contribution in [0, 0.1) is 6.92 Å². The number of carbonyl (C=O) groups is 1. The van der Waals surface area contributed by atoms with E-state index in [1.54, 1.807) is 6.92 Å². The number of aromatic nitrogens is 2. The van der Waals surface area contributed by atoms with Crippen LogP contribution in [0.3, 0.4) is 0 Å². The molecule has 9 heteroatoms. The second-order valence-electron chi connectivity index (χ2n) is 4.53. The Morgan fingerprint density at radius 1 is 1.36 bits per heavy atom. The first-order valence-corrected chi connectivity index (χ1v) is 6.98. The number of aryl methyl sites for hydroxylation is 1. The van der Waals surface area contributed by atoms with Gasteiger partial charge < -0.3 is 10.4 Å². The van der Waals surface area contributed by atoms with Gasteiger partial charge in [-0.15, -0.1) is 5.10 Å². The van der Waals surface area contributed by atoms with Gasteiger partial charge in [0.2, 0.25) is 0 Å². The van der Waals surface area contributed by atoms with Crippen molar-refractivity contribution in [2.45, 2.75) is 19.2 Å². The van der Waals surface area contributed by atoms with E-state index in [1.807, 2.05) is 0 Å². The minimum Gasteiger partial charge on any atom is -0.387 e.